The lowest BCUT2D eigenvalue weighted by molar-refractivity contribution is 0.0240. The Morgan fingerprint density at radius 3 is 2.58 bits per heavy atom. The number of hydrogen-bond donors (Lipinski definition) is 1. The fraction of sp³-hybridized carbons (Fsp3) is 0.133. The average Bonchev–Trinajstić information content (AvgIpc) is 3.18. The van der Waals surface area contributed by atoms with Crippen molar-refractivity contribution in [3.63, 3.8) is 0 Å². The minimum Gasteiger partial charge on any atom is -0.451 e. The van der Waals surface area contributed by atoms with E-state index in [0.717, 1.165) is 5.56 Å². The van der Waals surface area contributed by atoms with Gasteiger partial charge in [0.1, 0.15) is 29.6 Å². The molecule has 0 saturated carbocycles. The molecule has 0 radical (unpaired) electrons. The van der Waals surface area contributed by atoms with Gasteiger partial charge in [0.15, 0.2) is 0 Å². The molecule has 0 amide bonds. The Bertz CT molecular complexity index is 812. The zero-order chi connectivity index (χ0) is 17.1. The van der Waals surface area contributed by atoms with Crippen molar-refractivity contribution < 1.29 is 9.53 Å². The van der Waals surface area contributed by atoms with Gasteiger partial charge in [0, 0.05) is 5.02 Å². The standard InChI is InChI=1S/C15H11Cl3N4O2/c16-10-3-1-9(2-4-10)13(6-22-8-19-7-20-22)24-15(23)12-5-11(17)14(18)21-12/h1-5,7-8,13,21H,6H2. The molecule has 24 heavy (non-hydrogen) atoms. The van der Waals surface area contributed by atoms with Crippen LogP contribution in [0.25, 0.3) is 0 Å². The quantitative estimate of drug-likeness (QED) is 0.669. The van der Waals surface area contributed by atoms with Gasteiger partial charge in [0.25, 0.3) is 0 Å². The van der Waals surface area contributed by atoms with Crippen molar-refractivity contribution in [2.24, 2.45) is 0 Å². The highest BCUT2D eigenvalue weighted by Gasteiger charge is 2.21. The molecule has 1 N–H and O–H groups in total. The molecule has 3 rings (SSSR count). The number of hydrogen-bond acceptors (Lipinski definition) is 4. The zero-order valence-electron chi connectivity index (χ0n) is 12.1. The number of benzene rings is 1. The maximum atomic E-state index is 12.3. The van der Waals surface area contributed by atoms with Crippen molar-refractivity contribution >= 4 is 40.8 Å². The minimum absolute atomic E-state index is 0.169. The Balaban J connectivity index is 1.83. The summed E-state index contributed by atoms with van der Waals surface area (Å²) in [5.41, 5.74) is 0.939. The molecule has 0 aliphatic carbocycles. The molecule has 0 saturated heterocycles. The van der Waals surface area contributed by atoms with E-state index in [-0.39, 0.29) is 15.9 Å². The second-order valence-corrected chi connectivity index (χ2v) is 6.13. The Labute approximate surface area is 152 Å². The van der Waals surface area contributed by atoms with E-state index >= 15 is 0 Å². The topological polar surface area (TPSA) is 72.8 Å². The SMILES string of the molecule is O=C(OC(Cn1cncn1)c1ccc(Cl)cc1)c1cc(Cl)c(Cl)[nH]1. The maximum Gasteiger partial charge on any atom is 0.355 e. The monoisotopic (exact) mass is 384 g/mol. The number of esters is 1. The van der Waals surface area contributed by atoms with E-state index in [9.17, 15) is 4.79 Å². The summed E-state index contributed by atoms with van der Waals surface area (Å²) >= 11 is 17.6. The average molecular weight is 386 g/mol. The number of carbonyl (C=O) groups is 1. The van der Waals surface area contributed by atoms with Crippen LogP contribution in [-0.2, 0) is 11.3 Å². The number of H-pyrrole nitrogens is 1. The molecule has 0 aliphatic rings. The lowest BCUT2D eigenvalue weighted by Gasteiger charge is -2.18. The first kappa shape index (κ1) is 16.8. The van der Waals surface area contributed by atoms with Crippen LogP contribution in [0.3, 0.4) is 0 Å². The first-order valence-corrected chi connectivity index (χ1v) is 7.99. The molecule has 6 nitrogen and oxygen atoms in total. The lowest BCUT2D eigenvalue weighted by atomic mass is 10.1. The van der Waals surface area contributed by atoms with E-state index in [2.05, 4.69) is 15.1 Å². The van der Waals surface area contributed by atoms with E-state index in [1.807, 2.05) is 0 Å². The third kappa shape index (κ3) is 3.90. The first-order chi connectivity index (χ1) is 11.5. The van der Waals surface area contributed by atoms with Crippen LogP contribution < -0.4 is 0 Å². The third-order valence-electron chi connectivity index (χ3n) is 3.26. The first-order valence-electron chi connectivity index (χ1n) is 6.86. The van der Waals surface area contributed by atoms with Crippen LogP contribution >= 0.6 is 34.8 Å². The lowest BCUT2D eigenvalue weighted by Crippen LogP contribution is -2.17. The predicted molar refractivity (Wildman–Crippen MR) is 90.4 cm³/mol. The van der Waals surface area contributed by atoms with Crippen molar-refractivity contribution in [1.82, 2.24) is 19.7 Å². The minimum atomic E-state index is -0.586. The molecule has 1 atom stereocenters. The summed E-state index contributed by atoms with van der Waals surface area (Å²) in [5.74, 6) is -0.580. The highest BCUT2D eigenvalue weighted by molar-refractivity contribution is 6.41. The Morgan fingerprint density at radius 2 is 2.00 bits per heavy atom. The predicted octanol–water partition coefficient (Wildman–Crippen LogP) is 4.16. The molecule has 0 fully saturated rings. The van der Waals surface area contributed by atoms with Crippen LogP contribution in [0.2, 0.25) is 15.2 Å². The summed E-state index contributed by atoms with van der Waals surface area (Å²) in [5, 5.41) is 5.06. The molecule has 0 spiro atoms. The Hall–Kier alpha value is -2.02. The van der Waals surface area contributed by atoms with Crippen LogP contribution in [0, 0.1) is 0 Å². The van der Waals surface area contributed by atoms with Crippen LogP contribution in [0.5, 0.6) is 0 Å². The second-order valence-electron chi connectivity index (χ2n) is 4.91. The van der Waals surface area contributed by atoms with Gasteiger partial charge in [0.2, 0.25) is 0 Å². The Morgan fingerprint density at radius 1 is 1.25 bits per heavy atom. The zero-order valence-corrected chi connectivity index (χ0v) is 14.4. The number of halogens is 3. The number of carbonyl (C=O) groups excluding carboxylic acids is 1. The van der Waals surface area contributed by atoms with Gasteiger partial charge in [-0.15, -0.1) is 0 Å². The smallest absolute Gasteiger partial charge is 0.355 e. The third-order valence-corrected chi connectivity index (χ3v) is 4.20. The van der Waals surface area contributed by atoms with Crippen molar-refractivity contribution in [3.05, 3.63) is 69.4 Å². The van der Waals surface area contributed by atoms with E-state index in [1.165, 1.54) is 12.4 Å². The van der Waals surface area contributed by atoms with Crippen LogP contribution in [-0.4, -0.2) is 25.7 Å². The molecular formula is C15H11Cl3N4O2. The number of aromatic nitrogens is 4. The molecule has 0 bridgehead atoms. The molecule has 3 aromatic rings. The van der Waals surface area contributed by atoms with Gasteiger partial charge < -0.3 is 9.72 Å². The van der Waals surface area contributed by atoms with Gasteiger partial charge in [-0.05, 0) is 23.8 Å². The molecule has 9 heteroatoms. The van der Waals surface area contributed by atoms with Crippen molar-refractivity contribution in [2.75, 3.05) is 0 Å². The Kier molecular flexibility index (Phi) is 5.08. The van der Waals surface area contributed by atoms with E-state index < -0.39 is 12.1 Å². The molecule has 124 valence electrons. The summed E-state index contributed by atoms with van der Waals surface area (Å²) in [7, 11) is 0. The second kappa shape index (κ2) is 7.25. The fourth-order valence-corrected chi connectivity index (χ4v) is 2.53. The maximum absolute atomic E-state index is 12.3. The van der Waals surface area contributed by atoms with E-state index in [1.54, 1.807) is 35.3 Å². The van der Waals surface area contributed by atoms with E-state index in [4.69, 9.17) is 39.5 Å². The van der Waals surface area contributed by atoms with Crippen molar-refractivity contribution in [1.29, 1.82) is 0 Å². The van der Waals surface area contributed by atoms with Gasteiger partial charge in [-0.3, -0.25) is 0 Å². The number of ether oxygens (including phenoxy) is 1. The van der Waals surface area contributed by atoms with E-state index in [0.29, 0.717) is 11.6 Å². The fourth-order valence-electron chi connectivity index (χ4n) is 2.09. The molecule has 1 unspecified atom stereocenters. The van der Waals surface area contributed by atoms with Gasteiger partial charge in [-0.2, -0.15) is 5.10 Å². The highest BCUT2D eigenvalue weighted by atomic mass is 35.5. The van der Waals surface area contributed by atoms with Crippen LogP contribution in [0.15, 0.2) is 43.0 Å². The number of nitrogens with one attached hydrogen (secondary N) is 1. The summed E-state index contributed by atoms with van der Waals surface area (Å²) in [6.07, 6.45) is 2.36. The number of nitrogens with zero attached hydrogens (tertiary/aromatic N) is 3. The summed E-state index contributed by atoms with van der Waals surface area (Å²) < 4.78 is 7.16. The molecule has 1 aromatic carbocycles. The molecule has 2 heterocycles. The van der Waals surface area contributed by atoms with Crippen molar-refractivity contribution in [3.8, 4) is 0 Å². The number of aromatic amines is 1. The van der Waals surface area contributed by atoms with Gasteiger partial charge in [-0.1, -0.05) is 46.9 Å². The van der Waals surface area contributed by atoms with Gasteiger partial charge in [-0.25, -0.2) is 14.5 Å². The normalized spacial score (nSPS) is 12.1. The largest absolute Gasteiger partial charge is 0.451 e. The molecular weight excluding hydrogens is 375 g/mol. The molecule has 0 aliphatic heterocycles. The summed E-state index contributed by atoms with van der Waals surface area (Å²) in [4.78, 5) is 18.9. The summed E-state index contributed by atoms with van der Waals surface area (Å²) in [6, 6.07) is 8.43. The molecule has 2 aromatic heterocycles. The van der Waals surface area contributed by atoms with Gasteiger partial charge in [0.05, 0.1) is 11.6 Å². The number of rotatable bonds is 5. The van der Waals surface area contributed by atoms with Crippen LogP contribution in [0.1, 0.15) is 22.2 Å². The van der Waals surface area contributed by atoms with Gasteiger partial charge >= 0.3 is 5.97 Å². The van der Waals surface area contributed by atoms with Crippen LogP contribution in [0.4, 0.5) is 0 Å². The van der Waals surface area contributed by atoms with Crippen molar-refractivity contribution in [2.45, 2.75) is 12.6 Å². The summed E-state index contributed by atoms with van der Waals surface area (Å²) in [6.45, 7) is 0.301. The highest BCUT2D eigenvalue weighted by Crippen LogP contribution is 2.26.